The van der Waals surface area contributed by atoms with Gasteiger partial charge in [0.05, 0.1) is 14.2 Å². The molecule has 0 bridgehead atoms. The maximum absolute atomic E-state index is 11.1. The van der Waals surface area contributed by atoms with E-state index in [1.807, 2.05) is 6.07 Å². The van der Waals surface area contributed by atoms with Gasteiger partial charge in [0.15, 0.2) is 18.1 Å². The van der Waals surface area contributed by atoms with Gasteiger partial charge in [0.25, 0.3) is 0 Å². The van der Waals surface area contributed by atoms with Crippen LogP contribution in [-0.4, -0.2) is 47.4 Å². The van der Waals surface area contributed by atoms with E-state index in [-0.39, 0.29) is 18.0 Å². The Labute approximate surface area is 137 Å². The SMILES string of the molecule is COC(=O)COc1ccc(NC=C(C#N)c2nn[nH]n2)cc1OC. The van der Waals surface area contributed by atoms with Crippen LogP contribution in [0.2, 0.25) is 0 Å². The van der Waals surface area contributed by atoms with E-state index in [4.69, 9.17) is 14.7 Å². The second kappa shape index (κ2) is 8.14. The van der Waals surface area contributed by atoms with Gasteiger partial charge in [-0.1, -0.05) is 0 Å². The zero-order valence-electron chi connectivity index (χ0n) is 12.9. The predicted molar refractivity (Wildman–Crippen MR) is 81.9 cm³/mol. The van der Waals surface area contributed by atoms with Crippen molar-refractivity contribution in [2.75, 3.05) is 26.1 Å². The summed E-state index contributed by atoms with van der Waals surface area (Å²) in [7, 11) is 2.75. The number of aromatic amines is 1. The van der Waals surface area contributed by atoms with Crippen LogP contribution in [0, 0.1) is 11.3 Å². The highest BCUT2D eigenvalue weighted by molar-refractivity contribution is 5.74. The van der Waals surface area contributed by atoms with Crippen LogP contribution in [0.5, 0.6) is 11.5 Å². The van der Waals surface area contributed by atoms with Crippen LogP contribution in [0.25, 0.3) is 5.57 Å². The molecule has 124 valence electrons. The molecular formula is C14H14N6O4. The number of carbonyl (C=O) groups is 1. The number of esters is 1. The number of tetrazole rings is 1. The molecule has 24 heavy (non-hydrogen) atoms. The number of H-pyrrole nitrogens is 1. The molecule has 0 radical (unpaired) electrons. The molecule has 10 nitrogen and oxygen atoms in total. The summed E-state index contributed by atoms with van der Waals surface area (Å²) in [5.74, 6) is 0.474. The first kappa shape index (κ1) is 16.8. The van der Waals surface area contributed by atoms with Gasteiger partial charge in [-0.05, 0) is 17.3 Å². The number of rotatable bonds is 7. The molecule has 0 atom stereocenters. The number of anilines is 1. The maximum Gasteiger partial charge on any atom is 0.343 e. The third kappa shape index (κ3) is 4.20. The quantitative estimate of drug-likeness (QED) is 0.556. The molecule has 0 aliphatic rings. The van der Waals surface area contributed by atoms with Gasteiger partial charge in [0.2, 0.25) is 5.82 Å². The normalized spacial score (nSPS) is 10.6. The number of benzene rings is 1. The van der Waals surface area contributed by atoms with Gasteiger partial charge in [-0.25, -0.2) is 4.79 Å². The summed E-state index contributed by atoms with van der Waals surface area (Å²) >= 11 is 0. The lowest BCUT2D eigenvalue weighted by molar-refractivity contribution is -0.142. The molecule has 2 aromatic rings. The lowest BCUT2D eigenvalue weighted by atomic mass is 10.2. The number of nitriles is 1. The average Bonchev–Trinajstić information content (AvgIpc) is 3.15. The van der Waals surface area contributed by atoms with E-state index in [0.29, 0.717) is 17.2 Å². The van der Waals surface area contributed by atoms with Crippen LogP contribution < -0.4 is 14.8 Å². The number of carbonyl (C=O) groups excluding carboxylic acids is 1. The molecule has 0 spiro atoms. The average molecular weight is 330 g/mol. The summed E-state index contributed by atoms with van der Waals surface area (Å²) in [6, 6.07) is 6.92. The second-order valence-electron chi connectivity index (χ2n) is 4.28. The van der Waals surface area contributed by atoms with E-state index in [1.54, 1.807) is 18.2 Å². The molecule has 1 aromatic heterocycles. The van der Waals surface area contributed by atoms with E-state index in [2.05, 4.69) is 30.7 Å². The van der Waals surface area contributed by atoms with Crippen LogP contribution in [-0.2, 0) is 9.53 Å². The number of aromatic nitrogens is 4. The van der Waals surface area contributed by atoms with E-state index in [0.717, 1.165) is 0 Å². The van der Waals surface area contributed by atoms with E-state index in [9.17, 15) is 4.79 Å². The number of nitrogens with one attached hydrogen (secondary N) is 2. The van der Waals surface area contributed by atoms with E-state index in [1.165, 1.54) is 20.4 Å². The summed E-state index contributed by atoms with van der Waals surface area (Å²) < 4.78 is 15.0. The van der Waals surface area contributed by atoms with Crippen molar-refractivity contribution in [2.45, 2.75) is 0 Å². The Hall–Kier alpha value is -3.61. The molecule has 10 heteroatoms. The molecule has 2 N–H and O–H groups in total. The standard InChI is InChI=1S/C14H14N6O4/c1-22-12-5-10(3-4-11(12)24-8-13(21)23-2)16-7-9(6-15)14-17-19-20-18-14/h3-5,7,16H,8H2,1-2H3,(H,17,18,19,20). The monoisotopic (exact) mass is 330 g/mol. The smallest absolute Gasteiger partial charge is 0.343 e. The highest BCUT2D eigenvalue weighted by Gasteiger charge is 2.09. The second-order valence-corrected chi connectivity index (χ2v) is 4.28. The van der Waals surface area contributed by atoms with Crippen LogP contribution >= 0.6 is 0 Å². The number of methoxy groups -OCH3 is 2. The van der Waals surface area contributed by atoms with E-state index < -0.39 is 5.97 Å². The number of hydrogen-bond donors (Lipinski definition) is 2. The third-order valence-electron chi connectivity index (χ3n) is 2.83. The van der Waals surface area contributed by atoms with Gasteiger partial charge < -0.3 is 19.5 Å². The van der Waals surface area contributed by atoms with Crippen molar-refractivity contribution in [2.24, 2.45) is 0 Å². The van der Waals surface area contributed by atoms with Gasteiger partial charge in [0, 0.05) is 18.0 Å². The Morgan fingerprint density at radius 2 is 2.25 bits per heavy atom. The Kier molecular flexibility index (Phi) is 5.68. The maximum atomic E-state index is 11.1. The lowest BCUT2D eigenvalue weighted by Crippen LogP contribution is -2.13. The Morgan fingerprint density at radius 1 is 1.42 bits per heavy atom. The Bertz CT molecular complexity index is 766. The lowest BCUT2D eigenvalue weighted by Gasteiger charge is -2.11. The number of allylic oxidation sites excluding steroid dienone is 1. The molecule has 0 amide bonds. The molecule has 1 heterocycles. The predicted octanol–water partition coefficient (Wildman–Crippen LogP) is 0.737. The number of ether oxygens (including phenoxy) is 3. The molecule has 2 rings (SSSR count). The first-order chi connectivity index (χ1) is 11.7. The summed E-state index contributed by atoms with van der Waals surface area (Å²) in [6.07, 6.45) is 1.44. The minimum Gasteiger partial charge on any atom is -0.493 e. The first-order valence-corrected chi connectivity index (χ1v) is 6.66. The van der Waals surface area contributed by atoms with Crippen molar-refractivity contribution < 1.29 is 19.0 Å². The topological polar surface area (TPSA) is 135 Å². The molecule has 1 aromatic carbocycles. The van der Waals surface area contributed by atoms with Crippen molar-refractivity contribution >= 4 is 17.2 Å². The largest absolute Gasteiger partial charge is 0.493 e. The fraction of sp³-hybridized carbons (Fsp3) is 0.214. The minimum absolute atomic E-state index is 0.176. The van der Waals surface area contributed by atoms with Crippen molar-refractivity contribution in [3.05, 3.63) is 30.2 Å². The van der Waals surface area contributed by atoms with Gasteiger partial charge in [-0.15, -0.1) is 10.2 Å². The van der Waals surface area contributed by atoms with Crippen molar-refractivity contribution in [1.82, 2.24) is 20.6 Å². The Morgan fingerprint density at radius 3 is 2.88 bits per heavy atom. The van der Waals surface area contributed by atoms with Crippen molar-refractivity contribution in [3.8, 4) is 17.6 Å². The number of nitrogens with zero attached hydrogens (tertiary/aromatic N) is 4. The molecule has 0 saturated heterocycles. The van der Waals surface area contributed by atoms with Crippen LogP contribution in [0.1, 0.15) is 5.82 Å². The molecular weight excluding hydrogens is 316 g/mol. The number of hydrogen-bond acceptors (Lipinski definition) is 9. The van der Waals surface area contributed by atoms with Crippen LogP contribution in [0.3, 0.4) is 0 Å². The summed E-state index contributed by atoms with van der Waals surface area (Å²) in [5, 5.41) is 25.2. The third-order valence-corrected chi connectivity index (χ3v) is 2.83. The molecule has 0 aliphatic heterocycles. The fourth-order valence-corrected chi connectivity index (χ4v) is 1.65. The van der Waals surface area contributed by atoms with E-state index >= 15 is 0 Å². The highest BCUT2D eigenvalue weighted by atomic mass is 16.6. The van der Waals surface area contributed by atoms with Gasteiger partial charge in [0.1, 0.15) is 11.6 Å². The van der Waals surface area contributed by atoms with Crippen molar-refractivity contribution in [1.29, 1.82) is 5.26 Å². The summed E-state index contributed by atoms with van der Waals surface area (Å²) in [6.45, 7) is -0.226. The Balaban J connectivity index is 2.11. The zero-order chi connectivity index (χ0) is 17.4. The van der Waals surface area contributed by atoms with Crippen molar-refractivity contribution in [3.63, 3.8) is 0 Å². The minimum atomic E-state index is -0.499. The van der Waals surface area contributed by atoms with Gasteiger partial charge in [-0.3, -0.25) is 0 Å². The van der Waals surface area contributed by atoms with Gasteiger partial charge in [-0.2, -0.15) is 10.5 Å². The first-order valence-electron chi connectivity index (χ1n) is 6.66. The molecule has 0 unspecified atom stereocenters. The molecule has 0 aliphatic carbocycles. The molecule has 0 saturated carbocycles. The summed E-state index contributed by atoms with van der Waals surface area (Å²) in [4.78, 5) is 11.1. The van der Waals surface area contributed by atoms with Gasteiger partial charge >= 0.3 is 5.97 Å². The summed E-state index contributed by atoms with van der Waals surface area (Å²) in [5.41, 5.74) is 0.835. The fourth-order valence-electron chi connectivity index (χ4n) is 1.65. The molecule has 0 fully saturated rings. The van der Waals surface area contributed by atoms with Crippen LogP contribution in [0.4, 0.5) is 5.69 Å². The van der Waals surface area contributed by atoms with Crippen LogP contribution in [0.15, 0.2) is 24.4 Å². The highest BCUT2D eigenvalue weighted by Crippen LogP contribution is 2.30. The zero-order valence-corrected chi connectivity index (χ0v) is 12.9.